The summed E-state index contributed by atoms with van der Waals surface area (Å²) in [5, 5.41) is 3.39. The first-order valence-corrected chi connectivity index (χ1v) is 8.84. The lowest BCUT2D eigenvalue weighted by atomic mass is 10.1. The van der Waals surface area contributed by atoms with Crippen LogP contribution in [0.3, 0.4) is 0 Å². The largest absolute Gasteiger partial charge is 0.494 e. The second-order valence-electron chi connectivity index (χ2n) is 5.12. The molecule has 0 amide bonds. The first kappa shape index (κ1) is 16.4. The Morgan fingerprint density at radius 2 is 1.78 bits per heavy atom. The predicted octanol–water partition coefficient (Wildman–Crippen LogP) is 6.15. The van der Waals surface area contributed by atoms with Gasteiger partial charge in [-0.25, -0.2) is 4.98 Å². The lowest BCUT2D eigenvalue weighted by molar-refractivity contribution is 0.418. The zero-order valence-electron chi connectivity index (χ0n) is 12.8. The van der Waals surface area contributed by atoms with Crippen LogP contribution in [0, 0.1) is 6.92 Å². The minimum atomic E-state index is 0.672. The summed E-state index contributed by atoms with van der Waals surface area (Å²) in [4.78, 5) is 4.73. The van der Waals surface area contributed by atoms with Gasteiger partial charge in [0.2, 0.25) is 0 Å². The molecule has 2 aromatic carbocycles. The third kappa shape index (κ3) is 3.42. The zero-order chi connectivity index (χ0) is 16.4. The lowest BCUT2D eigenvalue weighted by Gasteiger charge is -2.10. The highest BCUT2D eigenvalue weighted by Gasteiger charge is 2.10. The maximum atomic E-state index is 6.23. The first-order chi connectivity index (χ1) is 11.1. The van der Waals surface area contributed by atoms with Crippen LogP contribution in [-0.2, 0) is 5.75 Å². The lowest BCUT2D eigenvalue weighted by Crippen LogP contribution is -1.92. The number of ether oxygens (including phenoxy) is 1. The summed E-state index contributed by atoms with van der Waals surface area (Å²) in [6.45, 7) is 2.08. The van der Waals surface area contributed by atoms with Gasteiger partial charge in [-0.05, 0) is 42.3 Å². The van der Waals surface area contributed by atoms with Crippen molar-refractivity contribution >= 4 is 45.9 Å². The highest BCUT2D eigenvalue weighted by molar-refractivity contribution is 7.98. The van der Waals surface area contributed by atoms with E-state index in [0.29, 0.717) is 15.8 Å². The number of fused-ring (bicyclic) bond motifs is 1. The Kier molecular flexibility index (Phi) is 5.00. The number of para-hydroxylation sites is 1. The molecule has 0 saturated heterocycles. The fourth-order valence-electron chi connectivity index (χ4n) is 2.42. The molecule has 2 nitrogen and oxygen atoms in total. The van der Waals surface area contributed by atoms with Gasteiger partial charge in [-0.3, -0.25) is 0 Å². The van der Waals surface area contributed by atoms with Crippen molar-refractivity contribution in [3.05, 3.63) is 63.6 Å². The Labute approximate surface area is 149 Å². The molecule has 0 unspecified atom stereocenters. The van der Waals surface area contributed by atoms with E-state index in [9.17, 15) is 0 Å². The third-order valence-electron chi connectivity index (χ3n) is 3.63. The average Bonchev–Trinajstić information content (AvgIpc) is 2.54. The maximum Gasteiger partial charge on any atom is 0.145 e. The molecule has 1 heterocycles. The monoisotopic (exact) mass is 363 g/mol. The zero-order valence-corrected chi connectivity index (χ0v) is 15.1. The number of pyridine rings is 1. The van der Waals surface area contributed by atoms with Crippen LogP contribution in [0.5, 0.6) is 5.75 Å². The first-order valence-electron chi connectivity index (χ1n) is 7.10. The SMILES string of the molecule is COc1cccc2c(C)cc(SCc3c(Cl)cccc3Cl)nc12. The van der Waals surface area contributed by atoms with E-state index in [1.807, 2.05) is 30.3 Å². The maximum absolute atomic E-state index is 6.23. The van der Waals surface area contributed by atoms with Crippen LogP contribution in [0.2, 0.25) is 10.0 Å². The fourth-order valence-corrected chi connectivity index (χ4v) is 4.13. The van der Waals surface area contributed by atoms with E-state index in [0.717, 1.165) is 27.2 Å². The van der Waals surface area contributed by atoms with Gasteiger partial charge >= 0.3 is 0 Å². The van der Waals surface area contributed by atoms with Gasteiger partial charge in [0, 0.05) is 21.2 Å². The quantitative estimate of drug-likeness (QED) is 0.518. The molecule has 0 aliphatic rings. The molecule has 0 N–H and O–H groups in total. The molecule has 0 aliphatic heterocycles. The van der Waals surface area contributed by atoms with Gasteiger partial charge in [0.15, 0.2) is 0 Å². The van der Waals surface area contributed by atoms with E-state index >= 15 is 0 Å². The molecule has 3 aromatic rings. The van der Waals surface area contributed by atoms with Crippen LogP contribution in [0.25, 0.3) is 10.9 Å². The molecule has 5 heteroatoms. The minimum Gasteiger partial charge on any atom is -0.494 e. The summed E-state index contributed by atoms with van der Waals surface area (Å²) in [5.74, 6) is 1.45. The number of methoxy groups -OCH3 is 1. The molecular formula is C18H15Cl2NOS. The van der Waals surface area contributed by atoms with E-state index in [-0.39, 0.29) is 0 Å². The number of nitrogens with zero attached hydrogens (tertiary/aromatic N) is 1. The number of thioether (sulfide) groups is 1. The van der Waals surface area contributed by atoms with Crippen molar-refractivity contribution in [1.29, 1.82) is 0 Å². The number of aryl methyl sites for hydroxylation is 1. The van der Waals surface area contributed by atoms with E-state index < -0.39 is 0 Å². The van der Waals surface area contributed by atoms with Crippen molar-refractivity contribution in [2.24, 2.45) is 0 Å². The van der Waals surface area contributed by atoms with Gasteiger partial charge in [0.1, 0.15) is 11.3 Å². The Hall–Kier alpha value is -1.42. The highest BCUT2D eigenvalue weighted by atomic mass is 35.5. The van der Waals surface area contributed by atoms with Crippen LogP contribution in [0.4, 0.5) is 0 Å². The second-order valence-corrected chi connectivity index (χ2v) is 6.93. The normalized spacial score (nSPS) is 11.0. The number of hydrogen-bond acceptors (Lipinski definition) is 3. The van der Waals surface area contributed by atoms with Crippen molar-refractivity contribution < 1.29 is 4.74 Å². The van der Waals surface area contributed by atoms with Gasteiger partial charge in [0.05, 0.1) is 12.1 Å². The van der Waals surface area contributed by atoms with E-state index in [4.69, 9.17) is 32.9 Å². The van der Waals surface area contributed by atoms with Crippen molar-refractivity contribution in [3.8, 4) is 5.75 Å². The fraction of sp³-hybridized carbons (Fsp3) is 0.167. The minimum absolute atomic E-state index is 0.672. The molecule has 0 saturated carbocycles. The Balaban J connectivity index is 1.95. The summed E-state index contributed by atoms with van der Waals surface area (Å²) in [5.41, 5.74) is 2.98. The highest BCUT2D eigenvalue weighted by Crippen LogP contribution is 2.34. The summed E-state index contributed by atoms with van der Waals surface area (Å²) >= 11 is 14.1. The molecule has 23 heavy (non-hydrogen) atoms. The van der Waals surface area contributed by atoms with Gasteiger partial charge in [-0.2, -0.15) is 0 Å². The molecule has 0 aliphatic carbocycles. The van der Waals surface area contributed by atoms with E-state index in [1.54, 1.807) is 18.9 Å². The van der Waals surface area contributed by atoms with Gasteiger partial charge in [-0.1, -0.05) is 41.4 Å². The molecule has 3 rings (SSSR count). The Morgan fingerprint density at radius 1 is 1.09 bits per heavy atom. The van der Waals surface area contributed by atoms with Crippen molar-refractivity contribution in [1.82, 2.24) is 4.98 Å². The number of rotatable bonds is 4. The molecule has 0 radical (unpaired) electrons. The van der Waals surface area contributed by atoms with Crippen LogP contribution in [-0.4, -0.2) is 12.1 Å². The van der Waals surface area contributed by atoms with Crippen LogP contribution >= 0.6 is 35.0 Å². The predicted molar refractivity (Wildman–Crippen MR) is 99.1 cm³/mol. The molecule has 0 atom stereocenters. The molecule has 1 aromatic heterocycles. The van der Waals surface area contributed by atoms with Gasteiger partial charge in [-0.15, -0.1) is 11.8 Å². The standard InChI is InChI=1S/C18H15Cl2NOS/c1-11-9-17(21-18-12(11)5-3-8-16(18)22-2)23-10-13-14(19)6-4-7-15(13)20/h3-9H,10H2,1-2H3. The van der Waals surface area contributed by atoms with Crippen molar-refractivity contribution in [3.63, 3.8) is 0 Å². The van der Waals surface area contributed by atoms with Gasteiger partial charge in [0.25, 0.3) is 0 Å². The number of hydrogen-bond donors (Lipinski definition) is 0. The number of benzene rings is 2. The average molecular weight is 364 g/mol. The molecule has 0 bridgehead atoms. The van der Waals surface area contributed by atoms with Crippen LogP contribution in [0.1, 0.15) is 11.1 Å². The smallest absolute Gasteiger partial charge is 0.145 e. The van der Waals surface area contributed by atoms with Crippen LogP contribution < -0.4 is 4.74 Å². The Bertz CT molecular complexity index is 847. The summed E-state index contributed by atoms with van der Waals surface area (Å²) < 4.78 is 5.42. The number of halogens is 2. The van der Waals surface area contributed by atoms with Crippen LogP contribution in [0.15, 0.2) is 47.5 Å². The summed E-state index contributed by atoms with van der Waals surface area (Å²) in [6, 6.07) is 13.6. The summed E-state index contributed by atoms with van der Waals surface area (Å²) in [6.07, 6.45) is 0. The molecule has 0 spiro atoms. The van der Waals surface area contributed by atoms with E-state index in [1.165, 1.54) is 5.56 Å². The van der Waals surface area contributed by atoms with Gasteiger partial charge < -0.3 is 4.74 Å². The van der Waals surface area contributed by atoms with E-state index in [2.05, 4.69) is 19.1 Å². The van der Waals surface area contributed by atoms with Crippen molar-refractivity contribution in [2.45, 2.75) is 17.7 Å². The second kappa shape index (κ2) is 7.00. The topological polar surface area (TPSA) is 22.1 Å². The molecule has 0 fully saturated rings. The Morgan fingerprint density at radius 3 is 2.48 bits per heavy atom. The summed E-state index contributed by atoms with van der Waals surface area (Å²) in [7, 11) is 1.66. The number of aromatic nitrogens is 1. The van der Waals surface area contributed by atoms with Crippen molar-refractivity contribution in [2.75, 3.05) is 7.11 Å². The third-order valence-corrected chi connectivity index (χ3v) is 5.28. The molecular weight excluding hydrogens is 349 g/mol. The molecule has 118 valence electrons.